The molecule has 0 aromatic rings. The van der Waals surface area contributed by atoms with Crippen molar-refractivity contribution in [1.29, 1.82) is 0 Å². The van der Waals surface area contributed by atoms with Gasteiger partial charge in [-0.25, -0.2) is 4.57 Å². The summed E-state index contributed by atoms with van der Waals surface area (Å²) in [6.07, 6.45) is 41.6. The van der Waals surface area contributed by atoms with Crippen molar-refractivity contribution in [1.82, 2.24) is 0 Å². The summed E-state index contributed by atoms with van der Waals surface area (Å²) < 4.78 is 27.2. The number of aliphatic hydroxyl groups excluding tert-OH is 1. The Hall–Kier alpha value is -0.500. The van der Waals surface area contributed by atoms with Crippen LogP contribution in [0.1, 0.15) is 212 Å². The van der Waals surface area contributed by atoms with Gasteiger partial charge in [-0.1, -0.05) is 200 Å². The lowest BCUT2D eigenvalue weighted by Crippen LogP contribution is -2.37. The van der Waals surface area contributed by atoms with E-state index >= 15 is 0 Å². The molecule has 0 spiro atoms. The fraction of sp³-hybridized carbons (Fsp3) is 0.976. The highest BCUT2D eigenvalue weighted by atomic mass is 31.2. The van der Waals surface area contributed by atoms with Crippen LogP contribution < -0.4 is 0 Å². The van der Waals surface area contributed by atoms with Crippen molar-refractivity contribution in [2.45, 2.75) is 218 Å². The van der Waals surface area contributed by atoms with Gasteiger partial charge in [0, 0.05) is 6.42 Å². The minimum absolute atomic E-state index is 0.0576. The number of nitrogens with zero attached hydrogens (tertiary/aromatic N) is 1. The normalized spacial score (nSPS) is 13.8. The first-order chi connectivity index (χ1) is 24.6. The number of quaternary nitrogens is 1. The summed E-state index contributed by atoms with van der Waals surface area (Å²) in [7, 11) is 1.58. The maximum Gasteiger partial charge on any atom is 0.472 e. The number of carbonyl (C=O) groups excluding carboxylic acids is 1. The van der Waals surface area contributed by atoms with Crippen molar-refractivity contribution in [3.05, 3.63) is 0 Å². The molecule has 0 aliphatic rings. The van der Waals surface area contributed by atoms with Gasteiger partial charge in [-0.2, -0.15) is 0 Å². The molecule has 9 heteroatoms. The van der Waals surface area contributed by atoms with Crippen molar-refractivity contribution >= 4 is 13.8 Å². The van der Waals surface area contributed by atoms with Gasteiger partial charge < -0.3 is 19.2 Å². The minimum Gasteiger partial charge on any atom is -0.463 e. The Morgan fingerprint density at radius 3 is 1.16 bits per heavy atom. The van der Waals surface area contributed by atoms with E-state index in [0.29, 0.717) is 17.4 Å². The Balaban J connectivity index is 3.30. The van der Waals surface area contributed by atoms with Crippen molar-refractivity contribution < 1.29 is 37.6 Å². The highest BCUT2D eigenvalue weighted by Gasteiger charge is 2.24. The van der Waals surface area contributed by atoms with E-state index in [1.54, 1.807) is 0 Å². The number of hydrogen-bond acceptors (Lipinski definition) is 6. The van der Waals surface area contributed by atoms with Crippen LogP contribution in [0.25, 0.3) is 0 Å². The summed E-state index contributed by atoms with van der Waals surface area (Å²) in [5, 5.41) is 9.91. The van der Waals surface area contributed by atoms with Gasteiger partial charge in [0.1, 0.15) is 25.9 Å². The fourth-order valence-electron chi connectivity index (χ4n) is 6.43. The third kappa shape index (κ3) is 42.1. The number of carbonyl (C=O) groups is 1. The van der Waals surface area contributed by atoms with Crippen molar-refractivity contribution in [2.75, 3.05) is 47.5 Å². The molecule has 0 radical (unpaired) electrons. The standard InChI is InChI=1S/C42H86NO7P/c1-5-6-7-8-9-10-11-12-13-14-15-16-17-18-19-20-21-22-23-24-25-26-27-28-29-30-31-32-33-34-35-36-42(45)48-39-41(44)40-50-51(46,47)49-38-37-43(2,3)4/h41,44H,5-40H2,1-4H3/p+1. The molecular weight excluding hydrogens is 661 g/mol. The lowest BCUT2D eigenvalue weighted by Gasteiger charge is -2.24. The van der Waals surface area contributed by atoms with Crippen LogP contribution in [0.2, 0.25) is 0 Å². The zero-order valence-corrected chi connectivity index (χ0v) is 35.3. The van der Waals surface area contributed by atoms with E-state index in [-0.39, 0.29) is 19.2 Å². The first kappa shape index (κ1) is 50.5. The van der Waals surface area contributed by atoms with Crippen LogP contribution in [0, 0.1) is 0 Å². The SMILES string of the molecule is CCCCCCCCCCCCCCCCCCCCCCCCCCCCCCCCCC(=O)OCC(O)COP(=O)(O)OCC[N+](C)(C)C. The van der Waals surface area contributed by atoms with Gasteiger partial charge in [0.25, 0.3) is 0 Å². The molecule has 2 unspecified atom stereocenters. The number of likely N-dealkylation sites (N-methyl/N-ethyl adjacent to an activating group) is 1. The average molecular weight is 749 g/mol. The van der Waals surface area contributed by atoms with Gasteiger partial charge in [0.15, 0.2) is 0 Å². The van der Waals surface area contributed by atoms with Crippen LogP contribution in [0.15, 0.2) is 0 Å². The first-order valence-electron chi connectivity index (χ1n) is 21.8. The molecule has 0 rings (SSSR count). The quantitative estimate of drug-likeness (QED) is 0.0278. The van der Waals surface area contributed by atoms with Crippen molar-refractivity contribution in [3.63, 3.8) is 0 Å². The van der Waals surface area contributed by atoms with E-state index in [0.717, 1.165) is 19.3 Å². The Labute approximate surface area is 316 Å². The predicted molar refractivity (Wildman–Crippen MR) is 215 cm³/mol. The monoisotopic (exact) mass is 749 g/mol. The second-order valence-corrected chi connectivity index (χ2v) is 17.8. The highest BCUT2D eigenvalue weighted by molar-refractivity contribution is 7.47. The average Bonchev–Trinajstić information content (AvgIpc) is 3.08. The molecule has 0 saturated heterocycles. The molecule has 0 aromatic carbocycles. The van der Waals surface area contributed by atoms with Crippen LogP contribution in [-0.2, 0) is 23.1 Å². The largest absolute Gasteiger partial charge is 0.472 e. The molecular formula is C42H87NO7P+. The smallest absolute Gasteiger partial charge is 0.463 e. The number of hydrogen-bond donors (Lipinski definition) is 2. The van der Waals surface area contributed by atoms with Crippen LogP contribution in [0.3, 0.4) is 0 Å². The molecule has 0 aliphatic carbocycles. The minimum atomic E-state index is -4.25. The van der Waals surface area contributed by atoms with Gasteiger partial charge in [-0.15, -0.1) is 0 Å². The molecule has 0 aliphatic heterocycles. The number of unbranched alkanes of at least 4 members (excludes halogenated alkanes) is 30. The maximum atomic E-state index is 11.9. The molecule has 306 valence electrons. The highest BCUT2D eigenvalue weighted by Crippen LogP contribution is 2.43. The van der Waals surface area contributed by atoms with Crippen molar-refractivity contribution in [2.24, 2.45) is 0 Å². The summed E-state index contributed by atoms with van der Waals surface area (Å²) in [6, 6.07) is 0. The lowest BCUT2D eigenvalue weighted by atomic mass is 10.0. The second-order valence-electron chi connectivity index (χ2n) is 16.3. The van der Waals surface area contributed by atoms with Gasteiger partial charge in [-0.05, 0) is 6.42 Å². The van der Waals surface area contributed by atoms with Gasteiger partial charge in [0.05, 0.1) is 27.7 Å². The van der Waals surface area contributed by atoms with E-state index in [9.17, 15) is 19.4 Å². The molecule has 0 bridgehead atoms. The zero-order valence-electron chi connectivity index (χ0n) is 34.4. The summed E-state index contributed by atoms with van der Waals surface area (Å²) in [4.78, 5) is 21.6. The Kier molecular flexibility index (Phi) is 36.1. The van der Waals surface area contributed by atoms with Crippen LogP contribution in [0.5, 0.6) is 0 Å². The third-order valence-electron chi connectivity index (χ3n) is 9.87. The van der Waals surface area contributed by atoms with Crippen LogP contribution in [-0.4, -0.2) is 74.1 Å². The van der Waals surface area contributed by atoms with E-state index in [2.05, 4.69) is 6.92 Å². The lowest BCUT2D eigenvalue weighted by molar-refractivity contribution is -0.870. The van der Waals surface area contributed by atoms with Gasteiger partial charge >= 0.3 is 13.8 Å². The summed E-state index contributed by atoms with van der Waals surface area (Å²) in [6.45, 7) is 2.18. The molecule has 8 nitrogen and oxygen atoms in total. The number of rotatable bonds is 41. The molecule has 0 aromatic heterocycles. The second kappa shape index (κ2) is 36.5. The Morgan fingerprint density at radius 1 is 0.529 bits per heavy atom. The predicted octanol–water partition coefficient (Wildman–Crippen LogP) is 12.2. The number of phosphoric ester groups is 1. The molecule has 51 heavy (non-hydrogen) atoms. The summed E-state index contributed by atoms with van der Waals surface area (Å²) >= 11 is 0. The van der Waals surface area contributed by atoms with Crippen LogP contribution >= 0.6 is 7.82 Å². The number of esters is 1. The Bertz CT molecular complexity index is 792. The fourth-order valence-corrected chi connectivity index (χ4v) is 7.17. The first-order valence-corrected chi connectivity index (χ1v) is 23.3. The number of phosphoric acid groups is 1. The maximum absolute atomic E-state index is 11.9. The van der Waals surface area contributed by atoms with E-state index in [1.807, 2.05) is 21.1 Å². The number of aliphatic hydroxyl groups is 1. The zero-order chi connectivity index (χ0) is 37.7. The third-order valence-corrected chi connectivity index (χ3v) is 10.9. The topological polar surface area (TPSA) is 102 Å². The number of ether oxygens (including phenoxy) is 1. The van der Waals surface area contributed by atoms with E-state index < -0.39 is 20.5 Å². The van der Waals surface area contributed by atoms with Gasteiger partial charge in [-0.3, -0.25) is 13.8 Å². The molecule has 0 fully saturated rings. The van der Waals surface area contributed by atoms with Gasteiger partial charge in [0.2, 0.25) is 0 Å². The summed E-state index contributed by atoms with van der Waals surface area (Å²) in [5.74, 6) is -0.365. The molecule has 0 saturated carbocycles. The molecule has 2 atom stereocenters. The molecule has 0 heterocycles. The van der Waals surface area contributed by atoms with Crippen molar-refractivity contribution in [3.8, 4) is 0 Å². The molecule has 2 N–H and O–H groups in total. The molecule has 0 amide bonds. The van der Waals surface area contributed by atoms with Crippen LogP contribution in [0.4, 0.5) is 0 Å². The summed E-state index contributed by atoms with van der Waals surface area (Å²) in [5.41, 5.74) is 0. The van der Waals surface area contributed by atoms with E-state index in [1.165, 1.54) is 180 Å². The van der Waals surface area contributed by atoms with E-state index in [4.69, 9.17) is 13.8 Å². The Morgan fingerprint density at radius 2 is 0.843 bits per heavy atom.